The molecular formula is C16H15ClF2N4O2S. The SMILES string of the molecule is COc1nc(N2CC(F)(F)C2)c(C2CC2)nc1C(=O)Nc1ccc(Cl)s1. The first kappa shape index (κ1) is 17.4. The van der Waals surface area contributed by atoms with Gasteiger partial charge in [0.2, 0.25) is 5.88 Å². The van der Waals surface area contributed by atoms with Crippen molar-refractivity contribution in [2.45, 2.75) is 24.7 Å². The molecule has 2 aromatic heterocycles. The van der Waals surface area contributed by atoms with Crippen LogP contribution in [0.25, 0.3) is 0 Å². The lowest BCUT2D eigenvalue weighted by molar-refractivity contribution is -0.0269. The molecule has 6 nitrogen and oxygen atoms in total. The summed E-state index contributed by atoms with van der Waals surface area (Å²) in [7, 11) is 1.37. The van der Waals surface area contributed by atoms with Crippen molar-refractivity contribution in [2.24, 2.45) is 0 Å². The monoisotopic (exact) mass is 400 g/mol. The van der Waals surface area contributed by atoms with Crippen LogP contribution in [-0.4, -0.2) is 42.0 Å². The Bertz CT molecular complexity index is 864. The number of thiophene rings is 1. The summed E-state index contributed by atoms with van der Waals surface area (Å²) in [6.07, 6.45) is 1.81. The summed E-state index contributed by atoms with van der Waals surface area (Å²) >= 11 is 7.09. The quantitative estimate of drug-likeness (QED) is 0.827. The second-order valence-electron chi connectivity index (χ2n) is 6.33. The van der Waals surface area contributed by atoms with E-state index in [0.29, 0.717) is 20.8 Å². The number of rotatable bonds is 5. The van der Waals surface area contributed by atoms with Crippen LogP contribution in [0.2, 0.25) is 4.34 Å². The molecule has 0 spiro atoms. The Labute approximate surface area is 157 Å². The van der Waals surface area contributed by atoms with Crippen LogP contribution in [0.5, 0.6) is 5.88 Å². The molecular weight excluding hydrogens is 386 g/mol. The number of hydrogen-bond donors (Lipinski definition) is 1. The van der Waals surface area contributed by atoms with Crippen molar-refractivity contribution in [3.63, 3.8) is 0 Å². The molecule has 0 unspecified atom stereocenters. The van der Waals surface area contributed by atoms with E-state index in [4.69, 9.17) is 16.3 Å². The molecule has 0 atom stereocenters. The van der Waals surface area contributed by atoms with Crippen LogP contribution >= 0.6 is 22.9 Å². The molecule has 138 valence electrons. The number of alkyl halides is 2. The van der Waals surface area contributed by atoms with Crippen molar-refractivity contribution in [1.82, 2.24) is 9.97 Å². The molecule has 1 aliphatic carbocycles. The Morgan fingerprint density at radius 3 is 2.65 bits per heavy atom. The first-order valence-electron chi connectivity index (χ1n) is 8.02. The van der Waals surface area contributed by atoms with E-state index in [1.807, 2.05) is 0 Å². The Hall–Kier alpha value is -2.00. The van der Waals surface area contributed by atoms with Gasteiger partial charge in [0.1, 0.15) is 0 Å². The van der Waals surface area contributed by atoms with Crippen molar-refractivity contribution in [1.29, 1.82) is 0 Å². The standard InChI is InChI=1S/C16H15ClF2N4O2S/c1-25-15-12(14(24)20-10-5-4-9(17)26-10)21-11(8-2-3-8)13(22-15)23-6-16(18,19)7-23/h4-5,8H,2-3,6-7H2,1H3,(H,20,24). The van der Waals surface area contributed by atoms with Crippen LogP contribution in [0.15, 0.2) is 12.1 Å². The fourth-order valence-corrected chi connectivity index (χ4v) is 3.73. The molecule has 1 saturated carbocycles. The predicted octanol–water partition coefficient (Wildman–Crippen LogP) is 3.79. The molecule has 4 rings (SSSR count). The number of carbonyl (C=O) groups is 1. The molecule has 0 aromatic carbocycles. The van der Waals surface area contributed by atoms with E-state index >= 15 is 0 Å². The molecule has 10 heteroatoms. The Kier molecular flexibility index (Phi) is 4.23. The number of aromatic nitrogens is 2. The average molecular weight is 401 g/mol. The number of methoxy groups -OCH3 is 1. The second kappa shape index (κ2) is 6.31. The summed E-state index contributed by atoms with van der Waals surface area (Å²) in [5.74, 6) is -2.66. The maximum atomic E-state index is 13.3. The van der Waals surface area contributed by atoms with Gasteiger partial charge in [0.25, 0.3) is 11.8 Å². The van der Waals surface area contributed by atoms with Gasteiger partial charge in [0.15, 0.2) is 11.5 Å². The van der Waals surface area contributed by atoms with Gasteiger partial charge in [-0.25, -0.2) is 13.8 Å². The van der Waals surface area contributed by atoms with E-state index in [9.17, 15) is 13.6 Å². The number of halogens is 3. The highest BCUT2D eigenvalue weighted by atomic mass is 35.5. The molecule has 1 N–H and O–H groups in total. The number of carbonyl (C=O) groups excluding carboxylic acids is 1. The number of amides is 1. The summed E-state index contributed by atoms with van der Waals surface area (Å²) in [5, 5.41) is 3.28. The third kappa shape index (κ3) is 3.33. The molecule has 1 saturated heterocycles. The summed E-state index contributed by atoms with van der Waals surface area (Å²) in [4.78, 5) is 22.9. The summed E-state index contributed by atoms with van der Waals surface area (Å²) in [6.45, 7) is -0.798. The zero-order valence-electron chi connectivity index (χ0n) is 13.8. The highest BCUT2D eigenvalue weighted by Crippen LogP contribution is 2.45. The molecule has 0 bridgehead atoms. The number of ether oxygens (including phenoxy) is 1. The fourth-order valence-electron chi connectivity index (χ4n) is 2.79. The van der Waals surface area contributed by atoms with E-state index in [0.717, 1.165) is 12.8 Å². The third-order valence-corrected chi connectivity index (χ3v) is 5.34. The largest absolute Gasteiger partial charge is 0.479 e. The lowest BCUT2D eigenvalue weighted by Crippen LogP contribution is -2.57. The molecule has 2 aromatic rings. The zero-order chi connectivity index (χ0) is 18.5. The van der Waals surface area contributed by atoms with Crippen molar-refractivity contribution >= 4 is 39.7 Å². The zero-order valence-corrected chi connectivity index (χ0v) is 15.3. The summed E-state index contributed by atoms with van der Waals surface area (Å²) < 4.78 is 32.3. The Balaban J connectivity index is 1.66. The Morgan fingerprint density at radius 2 is 2.12 bits per heavy atom. The molecule has 1 amide bonds. The molecule has 2 aliphatic rings. The van der Waals surface area contributed by atoms with Gasteiger partial charge in [-0.15, -0.1) is 11.3 Å². The maximum absolute atomic E-state index is 13.3. The topological polar surface area (TPSA) is 67.3 Å². The minimum absolute atomic E-state index is 0.0137. The van der Waals surface area contributed by atoms with Gasteiger partial charge in [-0.2, -0.15) is 4.98 Å². The second-order valence-corrected chi connectivity index (χ2v) is 8.05. The molecule has 1 aliphatic heterocycles. The lowest BCUT2D eigenvalue weighted by atomic mass is 10.1. The van der Waals surface area contributed by atoms with Crippen molar-refractivity contribution in [3.8, 4) is 5.88 Å². The van der Waals surface area contributed by atoms with Gasteiger partial charge in [-0.05, 0) is 25.0 Å². The van der Waals surface area contributed by atoms with Crippen LogP contribution in [0.3, 0.4) is 0 Å². The number of nitrogens with one attached hydrogen (secondary N) is 1. The van der Waals surface area contributed by atoms with E-state index in [1.165, 1.54) is 23.3 Å². The number of hydrogen-bond acceptors (Lipinski definition) is 6. The van der Waals surface area contributed by atoms with E-state index < -0.39 is 24.9 Å². The fraction of sp³-hybridized carbons (Fsp3) is 0.438. The maximum Gasteiger partial charge on any atom is 0.282 e. The molecule has 2 fully saturated rings. The van der Waals surface area contributed by atoms with Gasteiger partial charge in [-0.1, -0.05) is 11.6 Å². The van der Waals surface area contributed by atoms with Crippen molar-refractivity contribution in [3.05, 3.63) is 27.9 Å². The summed E-state index contributed by atoms with van der Waals surface area (Å²) in [5.41, 5.74) is 0.616. The smallest absolute Gasteiger partial charge is 0.282 e. The van der Waals surface area contributed by atoms with Gasteiger partial charge < -0.3 is 15.0 Å². The first-order valence-corrected chi connectivity index (χ1v) is 9.21. The minimum Gasteiger partial charge on any atom is -0.479 e. The highest BCUT2D eigenvalue weighted by Gasteiger charge is 2.47. The van der Waals surface area contributed by atoms with E-state index in [2.05, 4.69) is 15.3 Å². The van der Waals surface area contributed by atoms with Crippen LogP contribution in [0.4, 0.5) is 19.6 Å². The van der Waals surface area contributed by atoms with Gasteiger partial charge in [0.05, 0.1) is 35.2 Å². The van der Waals surface area contributed by atoms with Crippen LogP contribution in [0, 0.1) is 0 Å². The van der Waals surface area contributed by atoms with Crippen LogP contribution in [0.1, 0.15) is 34.9 Å². The van der Waals surface area contributed by atoms with Crippen LogP contribution in [-0.2, 0) is 0 Å². The third-order valence-electron chi connectivity index (χ3n) is 4.20. The first-order chi connectivity index (χ1) is 12.4. The summed E-state index contributed by atoms with van der Waals surface area (Å²) in [6, 6.07) is 3.36. The minimum atomic E-state index is -2.72. The molecule has 3 heterocycles. The van der Waals surface area contributed by atoms with Gasteiger partial charge in [-0.3, -0.25) is 4.79 Å². The molecule has 0 radical (unpaired) electrons. The van der Waals surface area contributed by atoms with Crippen molar-refractivity contribution in [2.75, 3.05) is 30.4 Å². The normalized spacial score (nSPS) is 18.4. The lowest BCUT2D eigenvalue weighted by Gasteiger charge is -2.40. The highest BCUT2D eigenvalue weighted by molar-refractivity contribution is 7.20. The van der Waals surface area contributed by atoms with Gasteiger partial charge in [0, 0.05) is 5.92 Å². The number of anilines is 2. The Morgan fingerprint density at radius 1 is 1.38 bits per heavy atom. The predicted molar refractivity (Wildman–Crippen MR) is 95.0 cm³/mol. The van der Waals surface area contributed by atoms with E-state index in [-0.39, 0.29) is 17.5 Å². The van der Waals surface area contributed by atoms with E-state index in [1.54, 1.807) is 12.1 Å². The average Bonchev–Trinajstić information content (AvgIpc) is 3.34. The molecule has 26 heavy (non-hydrogen) atoms. The van der Waals surface area contributed by atoms with Crippen molar-refractivity contribution < 1.29 is 18.3 Å². The number of nitrogens with zero attached hydrogens (tertiary/aromatic N) is 3. The van der Waals surface area contributed by atoms with Crippen LogP contribution < -0.4 is 15.0 Å². The van der Waals surface area contributed by atoms with Gasteiger partial charge >= 0.3 is 0 Å².